The molecule has 0 heterocycles. The summed E-state index contributed by atoms with van der Waals surface area (Å²) in [5.41, 5.74) is 1.28. The van der Waals surface area contributed by atoms with Crippen molar-refractivity contribution >= 4 is 5.91 Å². The zero-order valence-electron chi connectivity index (χ0n) is 14.1. The molecule has 0 aliphatic carbocycles. The maximum atomic E-state index is 13.2. The molecule has 5 heteroatoms. The normalized spacial score (nSPS) is 13.2. The van der Waals surface area contributed by atoms with E-state index in [9.17, 15) is 14.3 Å². The van der Waals surface area contributed by atoms with E-state index in [1.807, 2.05) is 31.2 Å². The minimum atomic E-state index is -1.04. The molecule has 24 heavy (non-hydrogen) atoms. The number of hydrogen-bond acceptors (Lipinski definition) is 3. The first kappa shape index (κ1) is 17.9. The molecule has 4 nitrogen and oxygen atoms in total. The third-order valence-corrected chi connectivity index (χ3v) is 4.16. The van der Waals surface area contributed by atoms with E-state index >= 15 is 0 Å². The third-order valence-electron chi connectivity index (χ3n) is 4.16. The summed E-state index contributed by atoms with van der Waals surface area (Å²) in [5.74, 6) is 0.0373. The minimum absolute atomic E-state index is 0.112. The lowest BCUT2D eigenvalue weighted by Crippen LogP contribution is -2.31. The molecule has 0 unspecified atom stereocenters. The Morgan fingerprint density at radius 1 is 1.25 bits per heavy atom. The van der Waals surface area contributed by atoms with Gasteiger partial charge in [0.15, 0.2) is 0 Å². The van der Waals surface area contributed by atoms with Crippen LogP contribution in [0.25, 0.3) is 0 Å². The average Bonchev–Trinajstić information content (AvgIpc) is 2.60. The van der Waals surface area contributed by atoms with Crippen LogP contribution in [0.15, 0.2) is 48.5 Å². The van der Waals surface area contributed by atoms with Crippen LogP contribution in [0.4, 0.5) is 4.39 Å². The summed E-state index contributed by atoms with van der Waals surface area (Å²) < 4.78 is 18.6. The van der Waals surface area contributed by atoms with Gasteiger partial charge < -0.3 is 14.7 Å². The van der Waals surface area contributed by atoms with Crippen molar-refractivity contribution in [3.63, 3.8) is 0 Å². The molecule has 0 spiro atoms. The predicted octanol–water partition coefficient (Wildman–Crippen LogP) is 3.48. The number of aliphatic hydroxyl groups is 1. The standard InChI is InChI=1S/C19H22FNO3/c1-13(16-9-4-5-10-18(16)24-3)21(2)19(23)12-17(22)14-7-6-8-15(20)11-14/h4-11,13,17,22H,12H2,1-3H3/t13-,17+/m1/s1. The van der Waals surface area contributed by atoms with Gasteiger partial charge in [0, 0.05) is 12.6 Å². The van der Waals surface area contributed by atoms with Gasteiger partial charge in [0.05, 0.1) is 25.7 Å². The first-order chi connectivity index (χ1) is 11.4. The van der Waals surface area contributed by atoms with Crippen LogP contribution in [0, 0.1) is 5.82 Å². The number of hydrogen-bond donors (Lipinski definition) is 1. The van der Waals surface area contributed by atoms with Crippen LogP contribution >= 0.6 is 0 Å². The van der Waals surface area contributed by atoms with E-state index in [1.165, 1.54) is 18.2 Å². The predicted molar refractivity (Wildman–Crippen MR) is 90.2 cm³/mol. The molecular weight excluding hydrogens is 309 g/mol. The molecule has 1 N–H and O–H groups in total. The van der Waals surface area contributed by atoms with E-state index in [2.05, 4.69) is 0 Å². The zero-order chi connectivity index (χ0) is 17.7. The van der Waals surface area contributed by atoms with Gasteiger partial charge in [-0.05, 0) is 30.7 Å². The van der Waals surface area contributed by atoms with E-state index < -0.39 is 11.9 Å². The van der Waals surface area contributed by atoms with Crippen molar-refractivity contribution < 1.29 is 19.0 Å². The molecule has 2 rings (SSSR count). The van der Waals surface area contributed by atoms with Gasteiger partial charge in [0.1, 0.15) is 11.6 Å². The van der Waals surface area contributed by atoms with Gasteiger partial charge in [-0.2, -0.15) is 0 Å². The van der Waals surface area contributed by atoms with Gasteiger partial charge in [-0.15, -0.1) is 0 Å². The smallest absolute Gasteiger partial charge is 0.225 e. The Bertz CT molecular complexity index is 705. The van der Waals surface area contributed by atoms with Crippen LogP contribution in [0.2, 0.25) is 0 Å². The van der Waals surface area contributed by atoms with Crippen molar-refractivity contribution in [1.29, 1.82) is 0 Å². The van der Waals surface area contributed by atoms with Crippen molar-refractivity contribution in [1.82, 2.24) is 4.90 Å². The largest absolute Gasteiger partial charge is 0.496 e. The second-order valence-electron chi connectivity index (χ2n) is 5.70. The van der Waals surface area contributed by atoms with E-state index in [-0.39, 0.29) is 18.4 Å². The zero-order valence-corrected chi connectivity index (χ0v) is 14.1. The number of aliphatic hydroxyl groups excluding tert-OH is 1. The number of nitrogens with zero attached hydrogens (tertiary/aromatic N) is 1. The second-order valence-corrected chi connectivity index (χ2v) is 5.70. The van der Waals surface area contributed by atoms with Gasteiger partial charge >= 0.3 is 0 Å². The molecule has 2 aromatic rings. The molecule has 128 valence electrons. The van der Waals surface area contributed by atoms with Crippen LogP contribution in [-0.2, 0) is 4.79 Å². The molecule has 0 fully saturated rings. The van der Waals surface area contributed by atoms with Crippen LogP contribution in [0.1, 0.15) is 36.6 Å². The first-order valence-electron chi connectivity index (χ1n) is 7.76. The third kappa shape index (κ3) is 4.11. The quantitative estimate of drug-likeness (QED) is 0.882. The summed E-state index contributed by atoms with van der Waals surface area (Å²) in [5, 5.41) is 10.2. The first-order valence-corrected chi connectivity index (χ1v) is 7.76. The SMILES string of the molecule is COc1ccccc1[C@@H](C)N(C)C(=O)C[C@H](O)c1cccc(F)c1. The number of halogens is 1. The number of methoxy groups -OCH3 is 1. The lowest BCUT2D eigenvalue weighted by molar-refractivity contribution is -0.134. The molecule has 0 saturated carbocycles. The molecule has 0 radical (unpaired) electrons. The highest BCUT2D eigenvalue weighted by molar-refractivity contribution is 5.77. The van der Waals surface area contributed by atoms with Crippen molar-refractivity contribution in [2.24, 2.45) is 0 Å². The fraction of sp³-hybridized carbons (Fsp3) is 0.316. The monoisotopic (exact) mass is 331 g/mol. The Labute approximate surface area is 141 Å². The molecular formula is C19H22FNO3. The van der Waals surface area contributed by atoms with Gasteiger partial charge in [0.2, 0.25) is 5.91 Å². The molecule has 0 aliphatic rings. The Balaban J connectivity index is 2.08. The van der Waals surface area contributed by atoms with E-state index in [1.54, 1.807) is 25.1 Å². The number of para-hydroxylation sites is 1. The summed E-state index contributed by atoms with van der Waals surface area (Å²) in [6.07, 6.45) is -1.15. The number of amides is 1. The molecule has 0 saturated heterocycles. The van der Waals surface area contributed by atoms with Crippen LogP contribution in [-0.4, -0.2) is 30.1 Å². The van der Waals surface area contributed by atoms with Crippen LogP contribution < -0.4 is 4.74 Å². The van der Waals surface area contributed by atoms with Gasteiger partial charge in [-0.25, -0.2) is 4.39 Å². The van der Waals surface area contributed by atoms with E-state index in [0.717, 1.165) is 5.56 Å². The van der Waals surface area contributed by atoms with Crippen molar-refractivity contribution in [3.05, 3.63) is 65.5 Å². The summed E-state index contributed by atoms with van der Waals surface area (Å²) in [4.78, 5) is 14.0. The summed E-state index contributed by atoms with van der Waals surface area (Å²) >= 11 is 0. The average molecular weight is 331 g/mol. The molecule has 0 bridgehead atoms. The van der Waals surface area contributed by atoms with Crippen LogP contribution in [0.3, 0.4) is 0 Å². The van der Waals surface area contributed by atoms with Crippen LogP contribution in [0.5, 0.6) is 5.75 Å². The number of ether oxygens (including phenoxy) is 1. The molecule has 1 amide bonds. The number of rotatable bonds is 6. The topological polar surface area (TPSA) is 49.8 Å². The van der Waals surface area contributed by atoms with E-state index in [0.29, 0.717) is 11.3 Å². The molecule has 2 atom stereocenters. The Hall–Kier alpha value is -2.40. The molecule has 2 aromatic carbocycles. The highest BCUT2D eigenvalue weighted by Gasteiger charge is 2.23. The van der Waals surface area contributed by atoms with Crippen molar-refractivity contribution in [3.8, 4) is 5.75 Å². The highest BCUT2D eigenvalue weighted by atomic mass is 19.1. The van der Waals surface area contributed by atoms with Gasteiger partial charge in [-0.3, -0.25) is 4.79 Å². The fourth-order valence-corrected chi connectivity index (χ4v) is 2.58. The Kier molecular flexibility index (Phi) is 5.93. The Morgan fingerprint density at radius 3 is 2.62 bits per heavy atom. The summed E-state index contributed by atoms with van der Waals surface area (Å²) in [6, 6.07) is 12.9. The highest BCUT2D eigenvalue weighted by Crippen LogP contribution is 2.29. The molecule has 0 aromatic heterocycles. The maximum absolute atomic E-state index is 13.2. The molecule has 0 aliphatic heterocycles. The summed E-state index contributed by atoms with van der Waals surface area (Å²) in [7, 11) is 3.26. The Morgan fingerprint density at radius 2 is 1.96 bits per heavy atom. The lowest BCUT2D eigenvalue weighted by Gasteiger charge is -2.27. The van der Waals surface area contributed by atoms with Crippen molar-refractivity contribution in [2.45, 2.75) is 25.5 Å². The second kappa shape index (κ2) is 7.93. The lowest BCUT2D eigenvalue weighted by atomic mass is 10.0. The fourth-order valence-electron chi connectivity index (χ4n) is 2.58. The number of benzene rings is 2. The van der Waals surface area contributed by atoms with Gasteiger partial charge in [-0.1, -0.05) is 30.3 Å². The van der Waals surface area contributed by atoms with Crippen molar-refractivity contribution in [2.75, 3.05) is 14.2 Å². The summed E-state index contributed by atoms with van der Waals surface area (Å²) in [6.45, 7) is 1.89. The minimum Gasteiger partial charge on any atom is -0.496 e. The van der Waals surface area contributed by atoms with Gasteiger partial charge in [0.25, 0.3) is 0 Å². The van der Waals surface area contributed by atoms with E-state index in [4.69, 9.17) is 4.74 Å². The number of carbonyl (C=O) groups is 1. The number of carbonyl (C=O) groups excluding carboxylic acids is 1. The maximum Gasteiger partial charge on any atom is 0.225 e.